The summed E-state index contributed by atoms with van der Waals surface area (Å²) in [5, 5.41) is 19.6. The van der Waals surface area contributed by atoms with Gasteiger partial charge in [-0.3, -0.25) is 0 Å². The van der Waals surface area contributed by atoms with Gasteiger partial charge in [-0.15, -0.1) is 0 Å². The third-order valence-corrected chi connectivity index (χ3v) is 3.16. The van der Waals surface area contributed by atoms with Gasteiger partial charge in [-0.1, -0.05) is 26.0 Å². The van der Waals surface area contributed by atoms with E-state index in [-0.39, 0.29) is 6.61 Å². The lowest BCUT2D eigenvalue weighted by Gasteiger charge is -2.25. The van der Waals surface area contributed by atoms with Crippen molar-refractivity contribution in [3.63, 3.8) is 0 Å². The number of hydrogen-bond donors (Lipinski definition) is 2. The maximum Gasteiger partial charge on any atom is 0.119 e. The Bertz CT molecular complexity index is 343. The highest BCUT2D eigenvalue weighted by Gasteiger charge is 2.23. The molecule has 1 atom stereocenters. The van der Waals surface area contributed by atoms with Gasteiger partial charge in [0.1, 0.15) is 12.4 Å². The minimum atomic E-state index is -0.763. The van der Waals surface area contributed by atoms with E-state index in [1.807, 2.05) is 32.0 Å². The van der Waals surface area contributed by atoms with E-state index >= 15 is 0 Å². The second-order valence-electron chi connectivity index (χ2n) is 4.47. The smallest absolute Gasteiger partial charge is 0.119 e. The molecule has 0 aliphatic carbocycles. The first kappa shape index (κ1) is 14.0. The molecule has 3 nitrogen and oxygen atoms in total. The van der Waals surface area contributed by atoms with Crippen LogP contribution in [0.15, 0.2) is 24.3 Å². The van der Waals surface area contributed by atoms with Crippen LogP contribution in [0.2, 0.25) is 0 Å². The minimum absolute atomic E-state index is 0.281. The lowest BCUT2D eigenvalue weighted by atomic mass is 9.99. The zero-order valence-electron chi connectivity index (χ0n) is 10.8. The maximum atomic E-state index is 10.1. The number of aliphatic hydroxyl groups excluding tert-OH is 1. The van der Waals surface area contributed by atoms with Gasteiger partial charge in [0.05, 0.1) is 11.7 Å². The third kappa shape index (κ3) is 4.02. The van der Waals surface area contributed by atoms with Crippen LogP contribution in [-0.4, -0.2) is 22.4 Å². The molecule has 1 rings (SSSR count). The zero-order valence-corrected chi connectivity index (χ0v) is 10.8. The van der Waals surface area contributed by atoms with Gasteiger partial charge in [-0.2, -0.15) is 0 Å². The first-order chi connectivity index (χ1) is 8.00. The van der Waals surface area contributed by atoms with Crippen LogP contribution in [0, 0.1) is 0 Å². The van der Waals surface area contributed by atoms with Crippen molar-refractivity contribution in [1.29, 1.82) is 0 Å². The van der Waals surface area contributed by atoms with E-state index in [2.05, 4.69) is 0 Å². The molecule has 0 aliphatic heterocycles. The molecule has 0 fully saturated rings. The van der Waals surface area contributed by atoms with E-state index in [1.54, 1.807) is 13.0 Å². The van der Waals surface area contributed by atoms with Crippen LogP contribution < -0.4 is 4.74 Å². The van der Waals surface area contributed by atoms with Gasteiger partial charge >= 0.3 is 0 Å². The zero-order chi connectivity index (χ0) is 12.9. The van der Waals surface area contributed by atoms with Crippen LogP contribution in [0.3, 0.4) is 0 Å². The molecule has 0 radical (unpaired) electrons. The van der Waals surface area contributed by atoms with Crippen molar-refractivity contribution in [3.8, 4) is 5.75 Å². The monoisotopic (exact) mass is 238 g/mol. The Morgan fingerprint density at radius 3 is 2.47 bits per heavy atom. The first-order valence-electron chi connectivity index (χ1n) is 6.14. The molecule has 0 aromatic heterocycles. The van der Waals surface area contributed by atoms with Crippen molar-refractivity contribution in [2.24, 2.45) is 0 Å². The summed E-state index contributed by atoms with van der Waals surface area (Å²) >= 11 is 0. The Hall–Kier alpha value is -1.06. The van der Waals surface area contributed by atoms with E-state index in [4.69, 9.17) is 4.74 Å². The van der Waals surface area contributed by atoms with Gasteiger partial charge in [0.25, 0.3) is 0 Å². The van der Waals surface area contributed by atoms with Crippen LogP contribution in [0.4, 0.5) is 0 Å². The molecular weight excluding hydrogens is 216 g/mol. The average molecular weight is 238 g/mol. The van der Waals surface area contributed by atoms with Crippen LogP contribution in [0.1, 0.15) is 45.3 Å². The molecule has 1 unspecified atom stereocenters. The average Bonchev–Trinajstić information content (AvgIpc) is 2.36. The van der Waals surface area contributed by atoms with Crippen molar-refractivity contribution < 1.29 is 14.9 Å². The van der Waals surface area contributed by atoms with Gasteiger partial charge in [0, 0.05) is 0 Å². The molecule has 0 spiro atoms. The summed E-state index contributed by atoms with van der Waals surface area (Å²) in [7, 11) is 0. The Balaban J connectivity index is 2.66. The summed E-state index contributed by atoms with van der Waals surface area (Å²) in [4.78, 5) is 0. The molecule has 17 heavy (non-hydrogen) atoms. The molecular formula is C14H22O3. The summed E-state index contributed by atoms with van der Waals surface area (Å²) in [6, 6.07) is 7.33. The predicted molar refractivity (Wildman–Crippen MR) is 68.1 cm³/mol. The van der Waals surface area contributed by atoms with Crippen LogP contribution in [0.5, 0.6) is 5.75 Å². The van der Waals surface area contributed by atoms with Gasteiger partial charge < -0.3 is 14.9 Å². The van der Waals surface area contributed by atoms with E-state index in [0.29, 0.717) is 18.6 Å². The third-order valence-electron chi connectivity index (χ3n) is 3.16. The van der Waals surface area contributed by atoms with E-state index in [0.717, 1.165) is 5.56 Å². The highest BCUT2D eigenvalue weighted by atomic mass is 16.5. The molecule has 0 bridgehead atoms. The maximum absolute atomic E-state index is 10.1. The SMILES string of the molecule is CCC(O)(CC)COc1cccc(C(C)O)c1. The lowest BCUT2D eigenvalue weighted by Crippen LogP contribution is -2.34. The summed E-state index contributed by atoms with van der Waals surface area (Å²) < 4.78 is 5.58. The topological polar surface area (TPSA) is 49.7 Å². The normalized spacial score (nSPS) is 13.5. The molecule has 1 aromatic rings. The number of rotatable bonds is 6. The number of aliphatic hydroxyl groups is 2. The molecule has 96 valence electrons. The second-order valence-corrected chi connectivity index (χ2v) is 4.47. The van der Waals surface area contributed by atoms with Gasteiger partial charge in [-0.25, -0.2) is 0 Å². The largest absolute Gasteiger partial charge is 0.491 e. The predicted octanol–water partition coefficient (Wildman–Crippen LogP) is 2.67. The molecule has 2 N–H and O–H groups in total. The Morgan fingerprint density at radius 1 is 1.29 bits per heavy atom. The highest BCUT2D eigenvalue weighted by Crippen LogP contribution is 2.21. The fourth-order valence-corrected chi connectivity index (χ4v) is 1.54. The van der Waals surface area contributed by atoms with Gasteiger partial charge in [0.2, 0.25) is 0 Å². The standard InChI is InChI=1S/C14H22O3/c1-4-14(16,5-2)10-17-13-8-6-7-12(9-13)11(3)15/h6-9,11,15-16H,4-5,10H2,1-3H3. The molecule has 0 amide bonds. The molecule has 0 heterocycles. The molecule has 0 aliphatic rings. The number of ether oxygens (including phenoxy) is 1. The summed E-state index contributed by atoms with van der Waals surface area (Å²) in [5.41, 5.74) is 0.0555. The fourth-order valence-electron chi connectivity index (χ4n) is 1.54. The van der Waals surface area contributed by atoms with Crippen molar-refractivity contribution >= 4 is 0 Å². The van der Waals surface area contributed by atoms with E-state index < -0.39 is 11.7 Å². The number of hydrogen-bond acceptors (Lipinski definition) is 3. The number of benzene rings is 1. The van der Waals surface area contributed by atoms with Crippen molar-refractivity contribution in [1.82, 2.24) is 0 Å². The summed E-state index contributed by atoms with van der Waals surface area (Å²) in [6.07, 6.45) is 0.828. The Kier molecular flexibility index (Phi) is 4.97. The Labute approximate surface area is 103 Å². The lowest BCUT2D eigenvalue weighted by molar-refractivity contribution is -0.0114. The van der Waals surface area contributed by atoms with Crippen molar-refractivity contribution in [2.75, 3.05) is 6.61 Å². The van der Waals surface area contributed by atoms with E-state index in [9.17, 15) is 10.2 Å². The van der Waals surface area contributed by atoms with Crippen LogP contribution in [0.25, 0.3) is 0 Å². The molecule has 0 saturated carbocycles. The molecule has 0 saturated heterocycles. The second kappa shape index (κ2) is 6.03. The Morgan fingerprint density at radius 2 is 1.94 bits per heavy atom. The van der Waals surface area contributed by atoms with Gasteiger partial charge in [-0.05, 0) is 37.5 Å². The van der Waals surface area contributed by atoms with Crippen molar-refractivity contribution in [2.45, 2.75) is 45.3 Å². The summed E-state index contributed by atoms with van der Waals surface area (Å²) in [6.45, 7) is 5.88. The molecule has 3 heteroatoms. The van der Waals surface area contributed by atoms with Crippen LogP contribution >= 0.6 is 0 Å². The first-order valence-corrected chi connectivity index (χ1v) is 6.14. The van der Waals surface area contributed by atoms with Gasteiger partial charge in [0.15, 0.2) is 0 Å². The van der Waals surface area contributed by atoms with Crippen molar-refractivity contribution in [3.05, 3.63) is 29.8 Å². The molecule has 1 aromatic carbocycles. The quantitative estimate of drug-likeness (QED) is 0.801. The van der Waals surface area contributed by atoms with E-state index in [1.165, 1.54) is 0 Å². The fraction of sp³-hybridized carbons (Fsp3) is 0.571. The van der Waals surface area contributed by atoms with Crippen LogP contribution in [-0.2, 0) is 0 Å². The summed E-state index contributed by atoms with van der Waals surface area (Å²) in [5.74, 6) is 0.684. The highest BCUT2D eigenvalue weighted by molar-refractivity contribution is 5.29. The minimum Gasteiger partial charge on any atom is -0.491 e.